The number of anilines is 2. The van der Waals surface area contributed by atoms with Gasteiger partial charge < -0.3 is 14.6 Å². The number of nitrogens with zero attached hydrogens (tertiary/aromatic N) is 5. The van der Waals surface area contributed by atoms with E-state index in [9.17, 15) is 0 Å². The van der Waals surface area contributed by atoms with Crippen molar-refractivity contribution in [1.82, 2.24) is 24.4 Å². The van der Waals surface area contributed by atoms with Gasteiger partial charge in [0, 0.05) is 49.2 Å². The van der Waals surface area contributed by atoms with Crippen LogP contribution in [0.1, 0.15) is 35.8 Å². The minimum Gasteiger partial charge on any atom is -0.383 e. The molecule has 1 fully saturated rings. The number of methoxy groups -OCH3 is 1. The lowest BCUT2D eigenvalue weighted by Gasteiger charge is -2.25. The maximum Gasteiger partial charge on any atom is 0.228 e. The Bertz CT molecular complexity index is 1220. The molecule has 0 aliphatic carbocycles. The van der Waals surface area contributed by atoms with E-state index in [1.807, 2.05) is 6.07 Å². The van der Waals surface area contributed by atoms with Crippen molar-refractivity contribution in [3.05, 3.63) is 77.9 Å². The predicted octanol–water partition coefficient (Wildman–Crippen LogP) is 4.86. The number of para-hydroxylation sites is 1. The fraction of sp³-hybridized carbons (Fsp3) is 0.346. The molecule has 0 saturated carbocycles. The number of aromatic nitrogens is 4. The molecular formula is C26H30N6O. The summed E-state index contributed by atoms with van der Waals surface area (Å²) in [6.07, 6.45) is 5.74. The SMILES string of the molecule is COCCn1c(C)c(CN2CCC[C@H]2c2cccc(Nc3ncccn3)n2)c2ccccc21. The number of hydrogen-bond acceptors (Lipinski definition) is 6. The molecule has 4 aromatic rings. The fourth-order valence-corrected chi connectivity index (χ4v) is 4.91. The zero-order valence-electron chi connectivity index (χ0n) is 19.2. The molecule has 3 aromatic heterocycles. The first kappa shape index (κ1) is 21.6. The summed E-state index contributed by atoms with van der Waals surface area (Å²) in [4.78, 5) is 16.0. The number of benzene rings is 1. The zero-order valence-corrected chi connectivity index (χ0v) is 19.2. The molecule has 0 unspecified atom stereocenters. The first-order valence-corrected chi connectivity index (χ1v) is 11.6. The van der Waals surface area contributed by atoms with E-state index in [4.69, 9.17) is 9.72 Å². The number of fused-ring (bicyclic) bond motifs is 1. The number of rotatable bonds is 8. The van der Waals surface area contributed by atoms with Crippen molar-refractivity contribution in [3.63, 3.8) is 0 Å². The van der Waals surface area contributed by atoms with Crippen LogP contribution in [0.15, 0.2) is 60.9 Å². The third-order valence-corrected chi connectivity index (χ3v) is 6.52. The van der Waals surface area contributed by atoms with Gasteiger partial charge in [-0.05, 0) is 56.1 Å². The van der Waals surface area contributed by atoms with Crippen LogP contribution in [-0.2, 0) is 17.8 Å². The monoisotopic (exact) mass is 442 g/mol. The van der Waals surface area contributed by atoms with Gasteiger partial charge in [0.05, 0.1) is 18.3 Å². The van der Waals surface area contributed by atoms with Crippen molar-refractivity contribution < 1.29 is 4.74 Å². The van der Waals surface area contributed by atoms with E-state index in [1.165, 1.54) is 28.6 Å². The molecule has 0 spiro atoms. The van der Waals surface area contributed by atoms with Gasteiger partial charge in [0.25, 0.3) is 0 Å². The Balaban J connectivity index is 1.41. The molecule has 1 aliphatic heterocycles. The average molecular weight is 443 g/mol. The van der Waals surface area contributed by atoms with Crippen molar-refractivity contribution in [3.8, 4) is 0 Å². The molecule has 7 heteroatoms. The molecule has 5 rings (SSSR count). The molecule has 1 aliphatic rings. The zero-order chi connectivity index (χ0) is 22.6. The van der Waals surface area contributed by atoms with Crippen molar-refractivity contribution >= 4 is 22.7 Å². The first-order chi connectivity index (χ1) is 16.2. The van der Waals surface area contributed by atoms with Crippen LogP contribution in [0.5, 0.6) is 0 Å². The van der Waals surface area contributed by atoms with E-state index in [0.29, 0.717) is 18.6 Å². The lowest BCUT2D eigenvalue weighted by atomic mass is 10.1. The molecule has 7 nitrogen and oxygen atoms in total. The maximum absolute atomic E-state index is 5.37. The van der Waals surface area contributed by atoms with Crippen LogP contribution in [0.25, 0.3) is 10.9 Å². The third kappa shape index (κ3) is 4.47. The average Bonchev–Trinajstić information content (AvgIpc) is 3.42. The number of ether oxygens (including phenoxy) is 1. The molecule has 0 bridgehead atoms. The molecule has 1 N–H and O–H groups in total. The highest BCUT2D eigenvalue weighted by Gasteiger charge is 2.29. The van der Waals surface area contributed by atoms with Gasteiger partial charge >= 0.3 is 0 Å². The highest BCUT2D eigenvalue weighted by atomic mass is 16.5. The summed E-state index contributed by atoms with van der Waals surface area (Å²) < 4.78 is 7.76. The van der Waals surface area contributed by atoms with Crippen molar-refractivity contribution in [2.75, 3.05) is 25.6 Å². The van der Waals surface area contributed by atoms with E-state index in [1.54, 1.807) is 25.6 Å². The van der Waals surface area contributed by atoms with Gasteiger partial charge in [0.15, 0.2) is 0 Å². The van der Waals surface area contributed by atoms with Gasteiger partial charge in [-0.25, -0.2) is 15.0 Å². The van der Waals surface area contributed by atoms with Crippen LogP contribution < -0.4 is 5.32 Å². The standard InChI is InChI=1S/C26H30N6O/c1-19-21(20-8-3-4-10-23(20)32(19)16-17-33-2)18-31-15-6-11-24(31)22-9-5-12-25(29-22)30-26-27-13-7-14-28-26/h3-5,7-10,12-14,24H,6,11,15-18H2,1-2H3,(H,27,28,29,30)/t24-/m0/s1. The van der Waals surface area contributed by atoms with E-state index in [2.05, 4.69) is 68.1 Å². The van der Waals surface area contributed by atoms with Crippen LogP contribution in [-0.4, -0.2) is 44.7 Å². The Morgan fingerprint density at radius 1 is 1.06 bits per heavy atom. The number of nitrogens with one attached hydrogen (secondary N) is 1. The summed E-state index contributed by atoms with van der Waals surface area (Å²) >= 11 is 0. The quantitative estimate of drug-likeness (QED) is 0.420. The minimum atomic E-state index is 0.295. The molecule has 0 radical (unpaired) electrons. The Hall–Kier alpha value is -3.29. The fourth-order valence-electron chi connectivity index (χ4n) is 4.91. The Morgan fingerprint density at radius 2 is 1.91 bits per heavy atom. The third-order valence-electron chi connectivity index (χ3n) is 6.52. The van der Waals surface area contributed by atoms with Gasteiger partial charge in [-0.3, -0.25) is 4.90 Å². The van der Waals surface area contributed by atoms with Crippen LogP contribution in [0.2, 0.25) is 0 Å². The summed E-state index contributed by atoms with van der Waals surface area (Å²) in [6, 6.07) is 17.0. The lowest BCUT2D eigenvalue weighted by Crippen LogP contribution is -2.24. The van der Waals surface area contributed by atoms with E-state index in [0.717, 1.165) is 37.6 Å². The molecular weight excluding hydrogens is 412 g/mol. The number of pyridine rings is 1. The molecule has 0 amide bonds. The van der Waals surface area contributed by atoms with Gasteiger partial charge in [0.1, 0.15) is 5.82 Å². The summed E-state index contributed by atoms with van der Waals surface area (Å²) in [5.41, 5.74) is 5.10. The van der Waals surface area contributed by atoms with Crippen molar-refractivity contribution in [1.29, 1.82) is 0 Å². The Labute approximate surface area is 194 Å². The number of likely N-dealkylation sites (tertiary alicyclic amines) is 1. The molecule has 1 aromatic carbocycles. The van der Waals surface area contributed by atoms with Crippen molar-refractivity contribution in [2.24, 2.45) is 0 Å². The second-order valence-electron chi connectivity index (χ2n) is 8.50. The second-order valence-corrected chi connectivity index (χ2v) is 8.50. The maximum atomic E-state index is 5.37. The largest absolute Gasteiger partial charge is 0.383 e. The topological polar surface area (TPSA) is 68.1 Å². The van der Waals surface area contributed by atoms with E-state index in [-0.39, 0.29) is 0 Å². The van der Waals surface area contributed by atoms with Gasteiger partial charge in [-0.1, -0.05) is 24.3 Å². The summed E-state index contributed by atoms with van der Waals surface area (Å²) in [7, 11) is 1.76. The summed E-state index contributed by atoms with van der Waals surface area (Å²) in [5, 5.41) is 4.56. The molecule has 1 atom stereocenters. The Morgan fingerprint density at radius 3 is 2.76 bits per heavy atom. The van der Waals surface area contributed by atoms with Crippen molar-refractivity contribution in [2.45, 2.75) is 38.9 Å². The Kier molecular flexibility index (Phi) is 6.32. The predicted molar refractivity (Wildman–Crippen MR) is 130 cm³/mol. The second kappa shape index (κ2) is 9.68. The van der Waals surface area contributed by atoms with Crippen LogP contribution in [0.4, 0.5) is 11.8 Å². The smallest absolute Gasteiger partial charge is 0.228 e. The van der Waals surface area contributed by atoms with E-state index < -0.39 is 0 Å². The van der Waals surface area contributed by atoms with E-state index >= 15 is 0 Å². The highest BCUT2D eigenvalue weighted by molar-refractivity contribution is 5.85. The normalized spacial score (nSPS) is 16.5. The number of hydrogen-bond donors (Lipinski definition) is 1. The molecule has 170 valence electrons. The summed E-state index contributed by atoms with van der Waals surface area (Å²) in [6.45, 7) is 5.79. The first-order valence-electron chi connectivity index (χ1n) is 11.6. The molecule has 4 heterocycles. The van der Waals surface area contributed by atoms with Gasteiger partial charge in [-0.15, -0.1) is 0 Å². The lowest BCUT2D eigenvalue weighted by molar-refractivity contribution is 0.187. The minimum absolute atomic E-state index is 0.295. The summed E-state index contributed by atoms with van der Waals surface area (Å²) in [5.74, 6) is 1.34. The molecule has 33 heavy (non-hydrogen) atoms. The van der Waals surface area contributed by atoms with Gasteiger partial charge in [0.2, 0.25) is 5.95 Å². The molecule has 1 saturated heterocycles. The van der Waals surface area contributed by atoms with Gasteiger partial charge in [-0.2, -0.15) is 0 Å². The highest BCUT2D eigenvalue weighted by Crippen LogP contribution is 2.35. The van der Waals surface area contributed by atoms with Crippen LogP contribution >= 0.6 is 0 Å². The van der Waals surface area contributed by atoms with Crippen LogP contribution in [0.3, 0.4) is 0 Å². The van der Waals surface area contributed by atoms with Crippen LogP contribution in [0, 0.1) is 6.92 Å².